The first-order valence-corrected chi connectivity index (χ1v) is 15.2. The molecule has 11 rings (SSSR count). The maximum absolute atomic E-state index is 14.5. The number of likely N-dealkylation sites (tertiary alicyclic amines) is 1. The summed E-state index contributed by atoms with van der Waals surface area (Å²) in [6.45, 7) is 0.195. The summed E-state index contributed by atoms with van der Waals surface area (Å²) in [5.74, 6) is -3.22. The molecular weight excluding hydrogens is 538 g/mol. The molecule has 4 bridgehead atoms. The molecule has 0 N–H and O–H groups in total. The maximum atomic E-state index is 14.5. The Morgan fingerprint density at radius 3 is 1.81 bits per heavy atom. The zero-order valence-corrected chi connectivity index (χ0v) is 23.4. The first-order chi connectivity index (χ1) is 21.0. The Balaban J connectivity index is 1.21. The standard InChI is InChI=1S/C36H29N3O4/c40-32-30-29-23-10-4-6-12-25(23)36(26-13-7-5-11-24(26)29,31(30)35(43)38(32)18-20-8-2-1-3-9-20)19-37-39-33(41)27-21-14-15-22(17-16-21)28(27)34(39)42/h1-15,19,21-22,27-31H,16-18H2/b37-19-/t21-,22-,27+,28+,29?,30+,31-,36?/m0/s1. The van der Waals surface area contributed by atoms with E-state index < -0.39 is 17.3 Å². The number of hydrazone groups is 1. The minimum Gasteiger partial charge on any atom is -0.278 e. The van der Waals surface area contributed by atoms with Crippen molar-refractivity contribution in [3.63, 3.8) is 0 Å². The average Bonchev–Trinajstić information content (AvgIpc) is 3.47. The van der Waals surface area contributed by atoms with Crippen molar-refractivity contribution in [2.75, 3.05) is 0 Å². The lowest BCUT2D eigenvalue weighted by atomic mass is 9.47. The number of imide groups is 2. The third-order valence-electron chi connectivity index (χ3n) is 11.1. The predicted molar refractivity (Wildman–Crippen MR) is 157 cm³/mol. The van der Waals surface area contributed by atoms with E-state index in [4.69, 9.17) is 5.10 Å². The molecule has 4 amide bonds. The van der Waals surface area contributed by atoms with Crippen molar-refractivity contribution in [1.29, 1.82) is 0 Å². The van der Waals surface area contributed by atoms with Crippen LogP contribution >= 0.6 is 0 Å². The first kappa shape index (κ1) is 24.9. The van der Waals surface area contributed by atoms with Crippen molar-refractivity contribution in [3.05, 3.63) is 119 Å². The largest absolute Gasteiger partial charge is 0.278 e. The Kier molecular flexibility index (Phi) is 5.03. The van der Waals surface area contributed by atoms with Crippen LogP contribution in [-0.4, -0.2) is 39.8 Å². The third-order valence-corrected chi connectivity index (χ3v) is 11.1. The number of benzene rings is 3. The molecule has 8 aliphatic rings. The van der Waals surface area contributed by atoms with Crippen molar-refractivity contribution < 1.29 is 19.2 Å². The van der Waals surface area contributed by atoms with Crippen molar-refractivity contribution >= 4 is 29.8 Å². The Hall–Kier alpha value is -4.65. The van der Waals surface area contributed by atoms with Gasteiger partial charge in [-0.1, -0.05) is 91.0 Å². The van der Waals surface area contributed by atoms with Gasteiger partial charge < -0.3 is 0 Å². The Morgan fingerprint density at radius 2 is 1.23 bits per heavy atom. The number of hydrogen-bond donors (Lipinski definition) is 0. The lowest BCUT2D eigenvalue weighted by Crippen LogP contribution is -2.55. The van der Waals surface area contributed by atoms with E-state index in [9.17, 15) is 19.2 Å². The van der Waals surface area contributed by atoms with Gasteiger partial charge in [-0.3, -0.25) is 24.1 Å². The molecule has 7 heteroatoms. The summed E-state index contributed by atoms with van der Waals surface area (Å²) in [7, 11) is 0. The van der Waals surface area contributed by atoms with Crippen LogP contribution in [0.4, 0.5) is 0 Å². The second kappa shape index (κ2) is 8.69. The van der Waals surface area contributed by atoms with Crippen molar-refractivity contribution in [1.82, 2.24) is 9.91 Å². The highest BCUT2D eigenvalue weighted by molar-refractivity contribution is 6.12. The SMILES string of the molecule is O=C1[C@@H]2C3c4ccccc4C(/C=N\N4C(=O)[C@H]5[C@H](C4=O)[C@H]4C=C[C@H]5CC4)(c4ccccc43)[C@@H]2C(=O)N1Cc1ccccc1. The summed E-state index contributed by atoms with van der Waals surface area (Å²) >= 11 is 0. The van der Waals surface area contributed by atoms with E-state index in [-0.39, 0.29) is 59.8 Å². The van der Waals surface area contributed by atoms with Crippen molar-refractivity contribution in [2.45, 2.75) is 30.7 Å². The molecule has 2 saturated heterocycles. The monoisotopic (exact) mass is 567 g/mol. The van der Waals surface area contributed by atoms with Crippen LogP contribution in [-0.2, 0) is 31.1 Å². The number of fused-ring (bicyclic) bond motifs is 1. The average molecular weight is 568 g/mol. The summed E-state index contributed by atoms with van der Waals surface area (Å²) in [4.78, 5) is 57.6. The summed E-state index contributed by atoms with van der Waals surface area (Å²) in [5.41, 5.74) is 3.57. The Bertz CT molecular complexity index is 1730. The lowest BCUT2D eigenvalue weighted by Gasteiger charge is -2.52. The molecule has 3 fully saturated rings. The molecular formula is C36H29N3O4. The minimum atomic E-state index is -1.11. The molecule has 7 nitrogen and oxygen atoms in total. The number of rotatable bonds is 4. The lowest BCUT2D eigenvalue weighted by molar-refractivity contribution is -0.141. The summed E-state index contributed by atoms with van der Waals surface area (Å²) in [6, 6.07) is 25.5. The molecule has 0 spiro atoms. The normalized spacial score (nSPS) is 34.7. The van der Waals surface area contributed by atoms with Gasteiger partial charge in [0.1, 0.15) is 0 Å². The highest BCUT2D eigenvalue weighted by Gasteiger charge is 2.68. The van der Waals surface area contributed by atoms with Crippen LogP contribution in [0.1, 0.15) is 46.6 Å². The van der Waals surface area contributed by atoms with Crippen LogP contribution in [0.5, 0.6) is 0 Å². The van der Waals surface area contributed by atoms with Crippen LogP contribution in [0.25, 0.3) is 0 Å². The van der Waals surface area contributed by atoms with Crippen LogP contribution in [0.2, 0.25) is 0 Å². The molecule has 2 heterocycles. The van der Waals surface area contributed by atoms with Gasteiger partial charge in [0.05, 0.1) is 35.6 Å². The van der Waals surface area contributed by atoms with Gasteiger partial charge in [-0.15, -0.1) is 0 Å². The van der Waals surface area contributed by atoms with Gasteiger partial charge >= 0.3 is 0 Å². The van der Waals surface area contributed by atoms with Crippen LogP contribution in [0.3, 0.4) is 0 Å². The number of amides is 4. The van der Waals surface area contributed by atoms with E-state index >= 15 is 0 Å². The molecule has 43 heavy (non-hydrogen) atoms. The fourth-order valence-corrected chi connectivity index (χ4v) is 9.35. The molecule has 3 aromatic carbocycles. The van der Waals surface area contributed by atoms with E-state index in [1.807, 2.05) is 78.9 Å². The summed E-state index contributed by atoms with van der Waals surface area (Å²) < 4.78 is 0. The second-order valence-corrected chi connectivity index (χ2v) is 12.8. The van der Waals surface area contributed by atoms with Gasteiger partial charge in [0.25, 0.3) is 11.8 Å². The molecule has 6 aliphatic carbocycles. The highest BCUT2D eigenvalue weighted by Crippen LogP contribution is 2.63. The van der Waals surface area contributed by atoms with Gasteiger partial charge in [0.2, 0.25) is 11.8 Å². The van der Waals surface area contributed by atoms with Gasteiger partial charge in [0.15, 0.2) is 0 Å². The van der Waals surface area contributed by atoms with E-state index in [0.717, 1.165) is 45.7 Å². The maximum Gasteiger partial charge on any atom is 0.254 e. The fourth-order valence-electron chi connectivity index (χ4n) is 9.35. The van der Waals surface area contributed by atoms with Crippen LogP contribution in [0.15, 0.2) is 96.1 Å². The molecule has 0 radical (unpaired) electrons. The van der Waals surface area contributed by atoms with Crippen molar-refractivity contribution in [3.8, 4) is 0 Å². The molecule has 2 aliphatic heterocycles. The van der Waals surface area contributed by atoms with Crippen LogP contribution in [0, 0.1) is 35.5 Å². The number of carbonyl (C=O) groups is 4. The van der Waals surface area contributed by atoms with Gasteiger partial charge in [-0.25, -0.2) is 0 Å². The predicted octanol–water partition coefficient (Wildman–Crippen LogP) is 4.42. The summed E-state index contributed by atoms with van der Waals surface area (Å²) in [6.07, 6.45) is 7.66. The number of allylic oxidation sites excluding steroid dienone is 2. The topological polar surface area (TPSA) is 87.1 Å². The van der Waals surface area contributed by atoms with Gasteiger partial charge in [0, 0.05) is 12.1 Å². The van der Waals surface area contributed by atoms with E-state index in [1.165, 1.54) is 4.90 Å². The zero-order chi connectivity index (χ0) is 29.0. The third kappa shape index (κ3) is 3.07. The number of nitrogens with zero attached hydrogens (tertiary/aromatic N) is 3. The summed E-state index contributed by atoms with van der Waals surface area (Å²) in [5, 5.41) is 5.80. The quantitative estimate of drug-likeness (QED) is 0.265. The van der Waals surface area contributed by atoms with E-state index in [2.05, 4.69) is 12.2 Å². The molecule has 6 atom stereocenters. The molecule has 0 aromatic heterocycles. The van der Waals surface area contributed by atoms with E-state index in [0.29, 0.717) is 0 Å². The molecule has 0 unspecified atom stereocenters. The number of hydrogen-bond acceptors (Lipinski definition) is 5. The van der Waals surface area contributed by atoms with Crippen molar-refractivity contribution in [2.24, 2.45) is 40.6 Å². The van der Waals surface area contributed by atoms with Gasteiger partial charge in [-0.05, 0) is 52.5 Å². The highest BCUT2D eigenvalue weighted by atomic mass is 16.2. The zero-order valence-electron chi connectivity index (χ0n) is 23.4. The Morgan fingerprint density at radius 1 is 0.674 bits per heavy atom. The second-order valence-electron chi connectivity index (χ2n) is 12.8. The fraction of sp³-hybridized carbons (Fsp3) is 0.306. The smallest absolute Gasteiger partial charge is 0.254 e. The van der Waals surface area contributed by atoms with E-state index in [1.54, 1.807) is 6.21 Å². The molecule has 3 aromatic rings. The minimum absolute atomic E-state index is 0.0568. The molecule has 212 valence electrons. The number of carbonyl (C=O) groups excluding carboxylic acids is 4. The van der Waals surface area contributed by atoms with Gasteiger partial charge in [-0.2, -0.15) is 10.1 Å². The molecule has 1 saturated carbocycles. The van der Waals surface area contributed by atoms with Crippen LogP contribution < -0.4 is 0 Å². The first-order valence-electron chi connectivity index (χ1n) is 15.2. The Labute approximate surface area is 248 Å².